The topological polar surface area (TPSA) is 69.7 Å². The van der Waals surface area contributed by atoms with Gasteiger partial charge >= 0.3 is 11.9 Å². The lowest BCUT2D eigenvalue weighted by molar-refractivity contribution is -0.134. The number of rotatable bonds is 4. The molecule has 0 aliphatic carbocycles. The highest BCUT2D eigenvalue weighted by atomic mass is 16.6. The second-order valence-electron chi connectivity index (χ2n) is 3.85. The van der Waals surface area contributed by atoms with Crippen molar-refractivity contribution >= 4 is 17.7 Å². The van der Waals surface area contributed by atoms with Gasteiger partial charge in [-0.2, -0.15) is 0 Å². The SMILES string of the molecule is CC(=O)Cc1ccc(OC(C)=O)c(OC(C)=O)c1. The Kier molecular flexibility index (Phi) is 4.59. The number of ketones is 1. The van der Waals surface area contributed by atoms with Crippen molar-refractivity contribution in [1.82, 2.24) is 0 Å². The lowest BCUT2D eigenvalue weighted by atomic mass is 10.1. The zero-order chi connectivity index (χ0) is 13.7. The first-order chi connectivity index (χ1) is 8.38. The fraction of sp³-hybridized carbons (Fsp3) is 0.308. The lowest BCUT2D eigenvalue weighted by Gasteiger charge is -2.09. The molecule has 0 saturated heterocycles. The molecule has 0 aromatic heterocycles. The molecule has 0 saturated carbocycles. The summed E-state index contributed by atoms with van der Waals surface area (Å²) in [4.78, 5) is 32.9. The Bertz CT molecular complexity index is 490. The molecule has 0 N–H and O–H groups in total. The van der Waals surface area contributed by atoms with Gasteiger partial charge in [0.25, 0.3) is 0 Å². The van der Waals surface area contributed by atoms with Crippen LogP contribution in [0.25, 0.3) is 0 Å². The molecule has 5 heteroatoms. The van der Waals surface area contributed by atoms with E-state index in [1.165, 1.54) is 32.9 Å². The number of benzene rings is 1. The van der Waals surface area contributed by atoms with Crippen molar-refractivity contribution in [2.24, 2.45) is 0 Å². The molecule has 0 spiro atoms. The van der Waals surface area contributed by atoms with Gasteiger partial charge in [0.05, 0.1) is 0 Å². The summed E-state index contributed by atoms with van der Waals surface area (Å²) in [6.07, 6.45) is 0.231. The summed E-state index contributed by atoms with van der Waals surface area (Å²) in [5.41, 5.74) is 0.689. The van der Waals surface area contributed by atoms with Crippen molar-refractivity contribution in [2.45, 2.75) is 27.2 Å². The van der Waals surface area contributed by atoms with Gasteiger partial charge in [0.15, 0.2) is 11.5 Å². The fourth-order valence-corrected chi connectivity index (χ4v) is 1.42. The van der Waals surface area contributed by atoms with Crippen LogP contribution < -0.4 is 9.47 Å². The van der Waals surface area contributed by atoms with Crippen molar-refractivity contribution in [3.05, 3.63) is 23.8 Å². The molecule has 0 unspecified atom stereocenters. The van der Waals surface area contributed by atoms with Crippen LogP contribution >= 0.6 is 0 Å². The van der Waals surface area contributed by atoms with Crippen LogP contribution in [0.2, 0.25) is 0 Å². The maximum atomic E-state index is 11.0. The first-order valence-corrected chi connectivity index (χ1v) is 5.37. The number of ether oxygens (including phenoxy) is 2. The largest absolute Gasteiger partial charge is 0.423 e. The monoisotopic (exact) mass is 250 g/mol. The van der Waals surface area contributed by atoms with E-state index in [-0.39, 0.29) is 23.7 Å². The van der Waals surface area contributed by atoms with E-state index >= 15 is 0 Å². The van der Waals surface area contributed by atoms with Crippen LogP contribution in [0, 0.1) is 0 Å². The van der Waals surface area contributed by atoms with Crippen molar-refractivity contribution in [3.63, 3.8) is 0 Å². The van der Waals surface area contributed by atoms with Gasteiger partial charge in [-0.3, -0.25) is 14.4 Å². The van der Waals surface area contributed by atoms with E-state index < -0.39 is 11.9 Å². The van der Waals surface area contributed by atoms with Crippen molar-refractivity contribution < 1.29 is 23.9 Å². The van der Waals surface area contributed by atoms with Crippen LogP contribution in [0.15, 0.2) is 18.2 Å². The first kappa shape index (κ1) is 13.9. The van der Waals surface area contributed by atoms with Gasteiger partial charge in [-0.05, 0) is 24.6 Å². The Balaban J connectivity index is 3.06. The van der Waals surface area contributed by atoms with Gasteiger partial charge < -0.3 is 9.47 Å². The summed E-state index contributed by atoms with van der Waals surface area (Å²) >= 11 is 0. The molecule has 0 aliphatic heterocycles. The van der Waals surface area contributed by atoms with Gasteiger partial charge in [-0.25, -0.2) is 0 Å². The molecule has 0 amide bonds. The normalized spacial score (nSPS) is 9.72. The predicted octanol–water partition coefficient (Wildman–Crippen LogP) is 1.67. The first-order valence-electron chi connectivity index (χ1n) is 5.37. The molecular weight excluding hydrogens is 236 g/mol. The third-order valence-corrected chi connectivity index (χ3v) is 1.97. The number of carbonyl (C=O) groups is 3. The van der Waals surface area contributed by atoms with E-state index in [0.29, 0.717) is 5.56 Å². The summed E-state index contributed by atoms with van der Waals surface area (Å²) in [5, 5.41) is 0. The molecule has 0 fully saturated rings. The minimum atomic E-state index is -0.525. The molecule has 5 nitrogen and oxygen atoms in total. The highest BCUT2D eigenvalue weighted by Crippen LogP contribution is 2.29. The number of Topliss-reactive ketones (excluding diaryl/α,β-unsaturated/α-hetero) is 1. The molecule has 0 heterocycles. The van der Waals surface area contributed by atoms with Gasteiger partial charge in [0.2, 0.25) is 0 Å². The standard InChI is InChI=1S/C13H14O5/c1-8(14)6-11-4-5-12(17-9(2)15)13(7-11)18-10(3)16/h4-5,7H,6H2,1-3H3. The quantitative estimate of drug-likeness (QED) is 0.600. The zero-order valence-electron chi connectivity index (χ0n) is 10.5. The summed E-state index contributed by atoms with van der Waals surface area (Å²) in [6.45, 7) is 3.96. The van der Waals surface area contributed by atoms with E-state index in [0.717, 1.165) is 0 Å². The van der Waals surface area contributed by atoms with Crippen molar-refractivity contribution in [1.29, 1.82) is 0 Å². The highest BCUT2D eigenvalue weighted by molar-refractivity contribution is 5.79. The van der Waals surface area contributed by atoms with Crippen LogP contribution in [-0.2, 0) is 20.8 Å². The summed E-state index contributed by atoms with van der Waals surface area (Å²) in [7, 11) is 0. The maximum Gasteiger partial charge on any atom is 0.308 e. The Hall–Kier alpha value is -2.17. The van der Waals surface area contributed by atoms with E-state index in [1.807, 2.05) is 0 Å². The van der Waals surface area contributed by atoms with Crippen LogP contribution in [0.5, 0.6) is 11.5 Å². The minimum absolute atomic E-state index is 0.0102. The molecule has 0 radical (unpaired) electrons. The summed E-state index contributed by atoms with van der Waals surface area (Å²) in [6, 6.07) is 4.66. The molecule has 1 aromatic carbocycles. The van der Waals surface area contributed by atoms with Gasteiger partial charge in [0.1, 0.15) is 5.78 Å². The number of hydrogen-bond acceptors (Lipinski definition) is 5. The second-order valence-corrected chi connectivity index (χ2v) is 3.85. The Morgan fingerprint density at radius 1 is 0.944 bits per heavy atom. The van der Waals surface area contributed by atoms with Crippen molar-refractivity contribution in [2.75, 3.05) is 0 Å². The number of hydrogen-bond donors (Lipinski definition) is 0. The molecule has 96 valence electrons. The van der Waals surface area contributed by atoms with Crippen LogP contribution in [0.1, 0.15) is 26.3 Å². The van der Waals surface area contributed by atoms with E-state index in [1.54, 1.807) is 6.07 Å². The van der Waals surface area contributed by atoms with E-state index in [9.17, 15) is 14.4 Å². The van der Waals surface area contributed by atoms with E-state index in [2.05, 4.69) is 0 Å². The van der Waals surface area contributed by atoms with Crippen LogP contribution in [-0.4, -0.2) is 17.7 Å². The number of esters is 2. The zero-order valence-corrected chi connectivity index (χ0v) is 10.5. The maximum absolute atomic E-state index is 11.0. The molecular formula is C13H14O5. The smallest absolute Gasteiger partial charge is 0.308 e. The Morgan fingerprint density at radius 3 is 2.00 bits per heavy atom. The third-order valence-electron chi connectivity index (χ3n) is 1.97. The van der Waals surface area contributed by atoms with Gasteiger partial charge in [-0.15, -0.1) is 0 Å². The minimum Gasteiger partial charge on any atom is -0.423 e. The summed E-state index contributed by atoms with van der Waals surface area (Å²) in [5.74, 6) is -0.753. The molecule has 1 rings (SSSR count). The van der Waals surface area contributed by atoms with Crippen LogP contribution in [0.3, 0.4) is 0 Å². The fourth-order valence-electron chi connectivity index (χ4n) is 1.42. The second kappa shape index (κ2) is 5.95. The molecule has 0 bridgehead atoms. The predicted molar refractivity (Wildman–Crippen MR) is 63.4 cm³/mol. The van der Waals surface area contributed by atoms with Gasteiger partial charge in [0, 0.05) is 20.3 Å². The lowest BCUT2D eigenvalue weighted by Crippen LogP contribution is -2.08. The van der Waals surface area contributed by atoms with E-state index in [4.69, 9.17) is 9.47 Å². The molecule has 0 atom stereocenters. The average molecular weight is 250 g/mol. The molecule has 18 heavy (non-hydrogen) atoms. The Morgan fingerprint density at radius 2 is 1.50 bits per heavy atom. The van der Waals surface area contributed by atoms with Gasteiger partial charge in [-0.1, -0.05) is 6.07 Å². The summed E-state index contributed by atoms with van der Waals surface area (Å²) < 4.78 is 9.85. The molecule has 1 aromatic rings. The van der Waals surface area contributed by atoms with Crippen LogP contribution in [0.4, 0.5) is 0 Å². The Labute approximate surface area is 105 Å². The molecule has 0 aliphatic rings. The number of carbonyl (C=O) groups excluding carboxylic acids is 3. The van der Waals surface area contributed by atoms with Crippen molar-refractivity contribution in [3.8, 4) is 11.5 Å². The highest BCUT2D eigenvalue weighted by Gasteiger charge is 2.11. The third kappa shape index (κ3) is 4.37. The average Bonchev–Trinajstić information content (AvgIpc) is 2.19.